The van der Waals surface area contributed by atoms with Gasteiger partial charge in [0.15, 0.2) is 10.2 Å². The van der Waals surface area contributed by atoms with Gasteiger partial charge in [-0.2, -0.15) is 0 Å². The van der Waals surface area contributed by atoms with Crippen LogP contribution in [0.25, 0.3) is 0 Å². The largest absolute Gasteiger partial charge is 0.358 e. The first-order valence-electron chi connectivity index (χ1n) is 8.16. The van der Waals surface area contributed by atoms with Crippen LogP contribution in [0.3, 0.4) is 0 Å². The predicted molar refractivity (Wildman–Crippen MR) is 105 cm³/mol. The molecule has 1 saturated carbocycles. The molecule has 4 nitrogen and oxygen atoms in total. The van der Waals surface area contributed by atoms with Crippen LogP contribution in [-0.2, 0) is 0 Å². The first kappa shape index (κ1) is 17.9. The van der Waals surface area contributed by atoms with Gasteiger partial charge in [0.1, 0.15) is 0 Å². The number of rotatable bonds is 2. The molecule has 1 aromatic rings. The van der Waals surface area contributed by atoms with E-state index in [0.717, 1.165) is 11.6 Å². The lowest BCUT2D eigenvalue weighted by molar-refractivity contribution is 0.224. The average molecular weight is 351 g/mol. The van der Waals surface area contributed by atoms with E-state index in [4.69, 9.17) is 24.4 Å². The van der Waals surface area contributed by atoms with Gasteiger partial charge in [-0.05, 0) is 61.7 Å². The molecule has 0 saturated heterocycles. The minimum atomic E-state index is 0.430. The van der Waals surface area contributed by atoms with E-state index in [2.05, 4.69) is 42.3 Å². The maximum absolute atomic E-state index is 5.35. The van der Waals surface area contributed by atoms with Gasteiger partial charge in [0.2, 0.25) is 0 Å². The van der Waals surface area contributed by atoms with Gasteiger partial charge < -0.3 is 10.6 Å². The van der Waals surface area contributed by atoms with E-state index >= 15 is 0 Å². The Hall–Kier alpha value is -1.40. The molecule has 0 radical (unpaired) electrons. The molecule has 0 amide bonds. The molecule has 0 aromatic heterocycles. The predicted octanol–water partition coefficient (Wildman–Crippen LogP) is 3.49. The van der Waals surface area contributed by atoms with E-state index in [-0.39, 0.29) is 0 Å². The summed E-state index contributed by atoms with van der Waals surface area (Å²) in [4.78, 5) is 0. The summed E-state index contributed by atoms with van der Waals surface area (Å²) in [5, 5.41) is 7.59. The van der Waals surface area contributed by atoms with Crippen molar-refractivity contribution in [2.45, 2.75) is 46.1 Å². The molecule has 4 N–H and O–H groups in total. The number of thiocarbonyl (C=S) groups is 2. The molecular weight excluding hydrogens is 324 g/mol. The highest BCUT2D eigenvalue weighted by Gasteiger charge is 2.27. The minimum Gasteiger partial charge on any atom is -0.358 e. The summed E-state index contributed by atoms with van der Waals surface area (Å²) in [6.45, 7) is 6.66. The molecule has 126 valence electrons. The highest BCUT2D eigenvalue weighted by atomic mass is 32.1. The van der Waals surface area contributed by atoms with Crippen molar-refractivity contribution in [1.29, 1.82) is 0 Å². The highest BCUT2D eigenvalue weighted by Crippen LogP contribution is 2.29. The van der Waals surface area contributed by atoms with Crippen LogP contribution >= 0.6 is 24.4 Å². The van der Waals surface area contributed by atoms with Crippen molar-refractivity contribution in [3.63, 3.8) is 0 Å². The van der Waals surface area contributed by atoms with Gasteiger partial charge >= 0.3 is 0 Å². The summed E-state index contributed by atoms with van der Waals surface area (Å²) in [6.07, 6.45) is 3.73. The van der Waals surface area contributed by atoms with Crippen molar-refractivity contribution in [3.8, 4) is 0 Å². The molecule has 6 heteroatoms. The maximum atomic E-state index is 5.35. The number of nitrogens with one attached hydrogen (secondary N) is 4. The molecule has 0 unspecified atom stereocenters. The molecule has 0 bridgehead atoms. The Labute approximate surface area is 149 Å². The van der Waals surface area contributed by atoms with Crippen LogP contribution in [0.5, 0.6) is 0 Å². The number of benzene rings is 1. The number of hydrogen-bond donors (Lipinski definition) is 4. The van der Waals surface area contributed by atoms with Crippen molar-refractivity contribution >= 4 is 40.3 Å². The van der Waals surface area contributed by atoms with Gasteiger partial charge in [-0.15, -0.1) is 0 Å². The van der Waals surface area contributed by atoms with E-state index in [9.17, 15) is 0 Å². The van der Waals surface area contributed by atoms with Crippen LogP contribution in [-0.4, -0.2) is 16.3 Å². The third-order valence-corrected chi connectivity index (χ3v) is 5.05. The molecule has 0 spiro atoms. The molecule has 23 heavy (non-hydrogen) atoms. The van der Waals surface area contributed by atoms with Crippen LogP contribution < -0.4 is 21.5 Å². The monoisotopic (exact) mass is 350 g/mol. The summed E-state index contributed by atoms with van der Waals surface area (Å²) in [7, 11) is 0. The molecule has 1 aliphatic rings. The van der Waals surface area contributed by atoms with Crippen molar-refractivity contribution in [3.05, 3.63) is 29.8 Å². The number of anilines is 1. The Balaban J connectivity index is 1.73. The number of hydrazine groups is 1. The molecule has 1 aliphatic carbocycles. The Morgan fingerprint density at radius 3 is 2.35 bits per heavy atom. The van der Waals surface area contributed by atoms with Crippen LogP contribution in [0.4, 0.5) is 5.69 Å². The smallest absolute Gasteiger partial charge is 0.189 e. The standard InChI is InChI=1S/C17H26N4S2/c1-11-7-9-14(10-8-11)18-16(22)20-21-17(23)19-15-6-4-5-12(2)13(15)3/h7-10,12-13,15H,4-6H2,1-3H3,(H2,18,20,22)(H2,19,21,23)/t12-,13-,15+/m0/s1. The Bertz CT molecular complexity index is 544. The maximum Gasteiger partial charge on any atom is 0.189 e. The SMILES string of the molecule is Cc1ccc(NC(=S)NNC(=S)N[C@@H]2CCC[C@H](C)[C@@H]2C)cc1. The summed E-state index contributed by atoms with van der Waals surface area (Å²) >= 11 is 10.6. The lowest BCUT2D eigenvalue weighted by atomic mass is 9.78. The summed E-state index contributed by atoms with van der Waals surface area (Å²) in [6, 6.07) is 8.49. The second-order valence-corrected chi connectivity index (χ2v) is 7.23. The highest BCUT2D eigenvalue weighted by molar-refractivity contribution is 7.80. The molecule has 3 atom stereocenters. The normalized spacial score (nSPS) is 23.7. The van der Waals surface area contributed by atoms with Crippen LogP contribution in [0, 0.1) is 18.8 Å². The van der Waals surface area contributed by atoms with E-state index in [1.54, 1.807) is 0 Å². The molecule has 0 heterocycles. The summed E-state index contributed by atoms with van der Waals surface area (Å²) < 4.78 is 0. The first-order valence-corrected chi connectivity index (χ1v) is 8.97. The van der Waals surface area contributed by atoms with Gasteiger partial charge in [0, 0.05) is 11.7 Å². The molecule has 1 fully saturated rings. The van der Waals surface area contributed by atoms with E-state index in [1.807, 2.05) is 24.3 Å². The third kappa shape index (κ3) is 5.62. The molecular formula is C17H26N4S2. The third-order valence-electron chi connectivity index (χ3n) is 4.62. The zero-order valence-electron chi connectivity index (χ0n) is 14.0. The second-order valence-electron chi connectivity index (χ2n) is 6.42. The molecule has 1 aromatic carbocycles. The van der Waals surface area contributed by atoms with Crippen molar-refractivity contribution in [1.82, 2.24) is 16.2 Å². The zero-order valence-corrected chi connectivity index (χ0v) is 15.6. The Morgan fingerprint density at radius 1 is 1.00 bits per heavy atom. The van der Waals surface area contributed by atoms with Gasteiger partial charge in [-0.25, -0.2) is 0 Å². The zero-order chi connectivity index (χ0) is 16.8. The summed E-state index contributed by atoms with van der Waals surface area (Å²) in [5.74, 6) is 1.36. The molecule has 2 rings (SSSR count). The van der Waals surface area contributed by atoms with Gasteiger partial charge in [0.05, 0.1) is 0 Å². The quantitative estimate of drug-likeness (QED) is 0.484. The fourth-order valence-electron chi connectivity index (χ4n) is 2.90. The average Bonchev–Trinajstić information content (AvgIpc) is 2.52. The number of hydrogen-bond acceptors (Lipinski definition) is 2. The fraction of sp³-hybridized carbons (Fsp3) is 0.529. The van der Waals surface area contributed by atoms with Crippen LogP contribution in [0.1, 0.15) is 38.7 Å². The van der Waals surface area contributed by atoms with Gasteiger partial charge in [-0.1, -0.05) is 44.4 Å². The van der Waals surface area contributed by atoms with Crippen molar-refractivity contribution < 1.29 is 0 Å². The second kappa shape index (κ2) is 8.45. The van der Waals surface area contributed by atoms with E-state index in [0.29, 0.717) is 22.2 Å². The van der Waals surface area contributed by atoms with Gasteiger partial charge in [0.25, 0.3) is 0 Å². The summed E-state index contributed by atoms with van der Waals surface area (Å²) in [5.41, 5.74) is 8.06. The Kier molecular flexibility index (Phi) is 6.59. The van der Waals surface area contributed by atoms with Crippen molar-refractivity contribution in [2.75, 3.05) is 5.32 Å². The van der Waals surface area contributed by atoms with E-state index < -0.39 is 0 Å². The van der Waals surface area contributed by atoms with Crippen LogP contribution in [0.15, 0.2) is 24.3 Å². The van der Waals surface area contributed by atoms with Gasteiger partial charge in [-0.3, -0.25) is 10.9 Å². The minimum absolute atomic E-state index is 0.430. The first-order chi connectivity index (χ1) is 11.0. The van der Waals surface area contributed by atoms with E-state index in [1.165, 1.54) is 24.8 Å². The number of aryl methyl sites for hydroxylation is 1. The molecule has 0 aliphatic heterocycles. The lowest BCUT2D eigenvalue weighted by Gasteiger charge is -2.35. The Morgan fingerprint density at radius 2 is 1.65 bits per heavy atom. The van der Waals surface area contributed by atoms with Crippen LogP contribution in [0.2, 0.25) is 0 Å². The fourth-order valence-corrected chi connectivity index (χ4v) is 3.27. The van der Waals surface area contributed by atoms with Crippen molar-refractivity contribution in [2.24, 2.45) is 11.8 Å². The lowest BCUT2D eigenvalue weighted by Crippen LogP contribution is -2.53. The topological polar surface area (TPSA) is 48.1 Å².